The second-order valence-corrected chi connectivity index (χ2v) is 5.37. The molecule has 0 radical (unpaired) electrons. The predicted octanol–water partition coefficient (Wildman–Crippen LogP) is 3.71. The molecular formula is C13H14BrClN2O. The van der Waals surface area contributed by atoms with E-state index in [-0.39, 0.29) is 0 Å². The maximum absolute atomic E-state index is 10.5. The Morgan fingerprint density at radius 1 is 1.50 bits per heavy atom. The Balaban J connectivity index is 2.44. The summed E-state index contributed by atoms with van der Waals surface area (Å²) < 4.78 is 2.59. The first kappa shape index (κ1) is 13.6. The van der Waals surface area contributed by atoms with Crippen LogP contribution in [0.2, 0.25) is 5.02 Å². The number of nitrogens with zero attached hydrogens (tertiary/aromatic N) is 2. The summed E-state index contributed by atoms with van der Waals surface area (Å²) in [5, 5.41) is 15.4. The van der Waals surface area contributed by atoms with Crippen LogP contribution in [0.4, 0.5) is 0 Å². The van der Waals surface area contributed by atoms with E-state index >= 15 is 0 Å². The third-order valence-corrected chi connectivity index (χ3v) is 3.92. The van der Waals surface area contributed by atoms with Crippen molar-refractivity contribution in [3.63, 3.8) is 0 Å². The van der Waals surface area contributed by atoms with Crippen LogP contribution in [0.15, 0.2) is 28.9 Å². The average Bonchev–Trinajstić information content (AvgIpc) is 2.73. The lowest BCUT2D eigenvalue weighted by Gasteiger charge is -2.14. The van der Waals surface area contributed by atoms with Gasteiger partial charge >= 0.3 is 0 Å². The molecule has 2 rings (SSSR count). The number of aryl methyl sites for hydroxylation is 2. The summed E-state index contributed by atoms with van der Waals surface area (Å²) in [7, 11) is 0. The monoisotopic (exact) mass is 328 g/mol. The molecule has 0 fully saturated rings. The van der Waals surface area contributed by atoms with Gasteiger partial charge in [0.05, 0.1) is 16.4 Å². The molecule has 1 heterocycles. The minimum atomic E-state index is -0.710. The standard InChI is InChI=1S/C13H14BrClN2O/c1-3-17-12(10(14)7-16-17)13(18)9-4-5-11(15)8(2)6-9/h4-7,13,18H,3H2,1-2H3. The smallest absolute Gasteiger partial charge is 0.122 e. The molecule has 5 heteroatoms. The molecule has 0 spiro atoms. The van der Waals surface area contributed by atoms with Crippen molar-refractivity contribution in [1.29, 1.82) is 0 Å². The summed E-state index contributed by atoms with van der Waals surface area (Å²) in [6.07, 6.45) is 0.989. The lowest BCUT2D eigenvalue weighted by Crippen LogP contribution is -2.09. The molecule has 0 aliphatic carbocycles. The van der Waals surface area contributed by atoms with Gasteiger partial charge in [0, 0.05) is 11.6 Å². The Morgan fingerprint density at radius 2 is 2.22 bits per heavy atom. The van der Waals surface area contributed by atoms with E-state index in [1.165, 1.54) is 0 Å². The van der Waals surface area contributed by atoms with Crippen molar-refractivity contribution in [3.8, 4) is 0 Å². The molecule has 1 aromatic carbocycles. The largest absolute Gasteiger partial charge is 0.382 e. The van der Waals surface area contributed by atoms with Gasteiger partial charge in [0.25, 0.3) is 0 Å². The highest BCUT2D eigenvalue weighted by molar-refractivity contribution is 9.10. The number of aliphatic hydroxyl groups excluding tert-OH is 1. The number of hydrogen-bond donors (Lipinski definition) is 1. The summed E-state index contributed by atoms with van der Waals surface area (Å²) in [6.45, 7) is 4.62. The topological polar surface area (TPSA) is 38.0 Å². The molecule has 0 saturated heterocycles. The van der Waals surface area contributed by atoms with Crippen molar-refractivity contribution in [2.24, 2.45) is 0 Å². The second kappa shape index (κ2) is 5.43. The van der Waals surface area contributed by atoms with Crippen LogP contribution in [0.1, 0.15) is 29.8 Å². The molecule has 1 atom stereocenters. The molecular weight excluding hydrogens is 316 g/mol. The summed E-state index contributed by atoms with van der Waals surface area (Å²) in [5.74, 6) is 0. The van der Waals surface area contributed by atoms with E-state index in [1.54, 1.807) is 16.9 Å². The Labute approximate surface area is 120 Å². The first-order chi connectivity index (χ1) is 8.54. The zero-order chi connectivity index (χ0) is 13.3. The number of rotatable bonds is 3. The number of aromatic nitrogens is 2. The molecule has 1 unspecified atom stereocenters. The second-order valence-electron chi connectivity index (χ2n) is 4.10. The van der Waals surface area contributed by atoms with E-state index in [0.717, 1.165) is 21.3 Å². The maximum Gasteiger partial charge on any atom is 0.122 e. The van der Waals surface area contributed by atoms with Gasteiger partial charge in [0.2, 0.25) is 0 Å². The fraction of sp³-hybridized carbons (Fsp3) is 0.308. The minimum absolute atomic E-state index is 0.703. The average molecular weight is 330 g/mol. The van der Waals surface area contributed by atoms with Crippen molar-refractivity contribution in [1.82, 2.24) is 9.78 Å². The fourth-order valence-electron chi connectivity index (χ4n) is 1.89. The van der Waals surface area contributed by atoms with Gasteiger partial charge in [0.15, 0.2) is 0 Å². The van der Waals surface area contributed by atoms with Gasteiger partial charge in [-0.1, -0.05) is 23.7 Å². The molecule has 96 valence electrons. The Morgan fingerprint density at radius 3 is 2.83 bits per heavy atom. The lowest BCUT2D eigenvalue weighted by atomic mass is 10.0. The van der Waals surface area contributed by atoms with Crippen LogP contribution >= 0.6 is 27.5 Å². The third kappa shape index (κ3) is 2.46. The Hall–Kier alpha value is -0.840. The quantitative estimate of drug-likeness (QED) is 0.932. The van der Waals surface area contributed by atoms with Gasteiger partial charge in [-0.15, -0.1) is 0 Å². The Bertz CT molecular complexity index is 568. The van der Waals surface area contributed by atoms with Crippen LogP contribution < -0.4 is 0 Å². The van der Waals surface area contributed by atoms with E-state index in [0.29, 0.717) is 11.6 Å². The van der Waals surface area contributed by atoms with Gasteiger partial charge in [-0.25, -0.2) is 0 Å². The van der Waals surface area contributed by atoms with Crippen LogP contribution in [0.3, 0.4) is 0 Å². The molecule has 0 aliphatic heterocycles. The van der Waals surface area contributed by atoms with Gasteiger partial charge in [-0.2, -0.15) is 5.10 Å². The van der Waals surface area contributed by atoms with E-state index in [9.17, 15) is 5.11 Å². The Kier molecular flexibility index (Phi) is 4.10. The lowest BCUT2D eigenvalue weighted by molar-refractivity contribution is 0.207. The number of benzene rings is 1. The van der Waals surface area contributed by atoms with Crippen molar-refractivity contribution < 1.29 is 5.11 Å². The highest BCUT2D eigenvalue weighted by Crippen LogP contribution is 2.30. The van der Waals surface area contributed by atoms with Crippen LogP contribution in [-0.4, -0.2) is 14.9 Å². The molecule has 3 nitrogen and oxygen atoms in total. The van der Waals surface area contributed by atoms with Crippen LogP contribution in [0.25, 0.3) is 0 Å². The molecule has 2 aromatic rings. The summed E-state index contributed by atoms with van der Waals surface area (Å²) in [5.41, 5.74) is 2.53. The van der Waals surface area contributed by atoms with Crippen molar-refractivity contribution in [3.05, 3.63) is 50.7 Å². The van der Waals surface area contributed by atoms with Gasteiger partial charge < -0.3 is 5.11 Å². The third-order valence-electron chi connectivity index (χ3n) is 2.89. The van der Waals surface area contributed by atoms with E-state index in [2.05, 4.69) is 21.0 Å². The zero-order valence-electron chi connectivity index (χ0n) is 10.2. The molecule has 0 aliphatic rings. The molecule has 0 bridgehead atoms. The number of hydrogen-bond acceptors (Lipinski definition) is 2. The maximum atomic E-state index is 10.5. The fourth-order valence-corrected chi connectivity index (χ4v) is 2.52. The van der Waals surface area contributed by atoms with Crippen LogP contribution in [0.5, 0.6) is 0 Å². The number of halogens is 2. The van der Waals surface area contributed by atoms with Crippen LogP contribution in [-0.2, 0) is 6.54 Å². The predicted molar refractivity (Wildman–Crippen MR) is 75.9 cm³/mol. The van der Waals surface area contributed by atoms with E-state index in [4.69, 9.17) is 11.6 Å². The molecule has 1 N–H and O–H groups in total. The summed E-state index contributed by atoms with van der Waals surface area (Å²) in [6, 6.07) is 5.53. The van der Waals surface area contributed by atoms with Crippen molar-refractivity contribution >= 4 is 27.5 Å². The minimum Gasteiger partial charge on any atom is -0.382 e. The van der Waals surface area contributed by atoms with Gasteiger partial charge in [-0.05, 0) is 47.0 Å². The number of aliphatic hydroxyl groups is 1. The van der Waals surface area contributed by atoms with E-state index < -0.39 is 6.10 Å². The highest BCUT2D eigenvalue weighted by atomic mass is 79.9. The van der Waals surface area contributed by atoms with Gasteiger partial charge in [0.1, 0.15) is 6.10 Å². The van der Waals surface area contributed by atoms with E-state index in [1.807, 2.05) is 26.0 Å². The zero-order valence-corrected chi connectivity index (χ0v) is 12.5. The normalized spacial score (nSPS) is 12.7. The molecule has 0 amide bonds. The summed E-state index contributed by atoms with van der Waals surface area (Å²) >= 11 is 9.41. The summed E-state index contributed by atoms with van der Waals surface area (Å²) in [4.78, 5) is 0. The molecule has 18 heavy (non-hydrogen) atoms. The first-order valence-corrected chi connectivity index (χ1v) is 6.87. The van der Waals surface area contributed by atoms with Gasteiger partial charge in [-0.3, -0.25) is 4.68 Å². The molecule has 1 aromatic heterocycles. The van der Waals surface area contributed by atoms with Crippen LogP contribution in [0, 0.1) is 6.92 Å². The molecule has 0 saturated carbocycles. The van der Waals surface area contributed by atoms with Crippen molar-refractivity contribution in [2.75, 3.05) is 0 Å². The van der Waals surface area contributed by atoms with Crippen molar-refractivity contribution in [2.45, 2.75) is 26.5 Å². The highest BCUT2D eigenvalue weighted by Gasteiger charge is 2.19. The SMILES string of the molecule is CCn1ncc(Br)c1C(O)c1ccc(Cl)c(C)c1. The first-order valence-electron chi connectivity index (χ1n) is 5.70.